The lowest BCUT2D eigenvalue weighted by molar-refractivity contribution is 0.935. The molecule has 0 amide bonds. The van der Waals surface area contributed by atoms with Crippen LogP contribution in [0.3, 0.4) is 0 Å². The smallest absolute Gasteiger partial charge is 0.225 e. The van der Waals surface area contributed by atoms with E-state index in [2.05, 4.69) is 19.9 Å². The van der Waals surface area contributed by atoms with Crippen LogP contribution in [-0.2, 0) is 6.42 Å². The molecule has 0 spiro atoms. The number of pyridine rings is 1. The molecule has 15 heavy (non-hydrogen) atoms. The van der Waals surface area contributed by atoms with Gasteiger partial charge in [-0.3, -0.25) is 4.98 Å². The van der Waals surface area contributed by atoms with E-state index in [1.165, 1.54) is 0 Å². The molecule has 2 aromatic heterocycles. The van der Waals surface area contributed by atoms with Crippen molar-refractivity contribution in [1.29, 1.82) is 0 Å². The lowest BCUT2D eigenvalue weighted by Crippen LogP contribution is -2.07. The third kappa shape index (κ3) is 2.37. The van der Waals surface area contributed by atoms with Gasteiger partial charge < -0.3 is 11.5 Å². The number of aromatic nitrogens is 4. The van der Waals surface area contributed by atoms with Crippen molar-refractivity contribution >= 4 is 11.9 Å². The molecule has 0 radical (unpaired) electrons. The summed E-state index contributed by atoms with van der Waals surface area (Å²) in [6.45, 7) is 0. The molecular weight excluding hydrogens is 192 g/mol. The van der Waals surface area contributed by atoms with Gasteiger partial charge in [-0.15, -0.1) is 0 Å². The molecule has 0 aliphatic heterocycles. The van der Waals surface area contributed by atoms with E-state index in [0.29, 0.717) is 12.2 Å². The van der Waals surface area contributed by atoms with Gasteiger partial charge in [0.2, 0.25) is 11.9 Å². The Morgan fingerprint density at radius 2 is 1.80 bits per heavy atom. The molecule has 0 aliphatic carbocycles. The van der Waals surface area contributed by atoms with Crippen molar-refractivity contribution in [3.8, 4) is 0 Å². The molecule has 2 heterocycles. The normalized spacial score (nSPS) is 10.1. The van der Waals surface area contributed by atoms with E-state index in [1.807, 2.05) is 12.1 Å². The van der Waals surface area contributed by atoms with E-state index < -0.39 is 0 Å². The van der Waals surface area contributed by atoms with Crippen molar-refractivity contribution in [3.63, 3.8) is 0 Å². The van der Waals surface area contributed by atoms with Gasteiger partial charge in [0.15, 0.2) is 0 Å². The Kier molecular flexibility index (Phi) is 2.40. The van der Waals surface area contributed by atoms with Gasteiger partial charge in [0.25, 0.3) is 0 Å². The maximum absolute atomic E-state index is 5.46. The van der Waals surface area contributed by atoms with Crippen LogP contribution in [-0.4, -0.2) is 19.9 Å². The first-order valence-corrected chi connectivity index (χ1v) is 4.39. The lowest BCUT2D eigenvalue weighted by atomic mass is 10.2. The maximum Gasteiger partial charge on any atom is 0.225 e. The summed E-state index contributed by atoms with van der Waals surface area (Å²) in [5.41, 5.74) is 11.9. The fraction of sp³-hybridized carbons (Fsp3) is 0.111. The highest BCUT2D eigenvalue weighted by molar-refractivity contribution is 5.27. The van der Waals surface area contributed by atoms with Crippen LogP contribution in [0.4, 0.5) is 11.9 Å². The highest BCUT2D eigenvalue weighted by atomic mass is 15.1. The van der Waals surface area contributed by atoms with Gasteiger partial charge in [0.1, 0.15) is 5.82 Å². The second kappa shape index (κ2) is 3.87. The molecule has 2 rings (SSSR count). The van der Waals surface area contributed by atoms with Gasteiger partial charge in [-0.05, 0) is 11.6 Å². The summed E-state index contributed by atoms with van der Waals surface area (Å²) in [5, 5.41) is 0. The van der Waals surface area contributed by atoms with Gasteiger partial charge >= 0.3 is 0 Å². The Hall–Kier alpha value is -2.24. The van der Waals surface area contributed by atoms with E-state index in [9.17, 15) is 0 Å². The second-order valence-electron chi connectivity index (χ2n) is 3.01. The highest BCUT2D eigenvalue weighted by Gasteiger charge is 2.02. The summed E-state index contributed by atoms with van der Waals surface area (Å²) in [4.78, 5) is 15.6. The molecule has 0 saturated heterocycles. The van der Waals surface area contributed by atoms with Crippen LogP contribution in [0.25, 0.3) is 0 Å². The van der Waals surface area contributed by atoms with Gasteiger partial charge in [-0.25, -0.2) is 0 Å². The minimum Gasteiger partial charge on any atom is -0.368 e. The standard InChI is InChI=1S/C9H10N6/c10-8-13-7(14-9(11)15-8)4-6-2-1-3-12-5-6/h1-3,5H,4H2,(H4,10,11,13,14,15). The number of nitrogens with two attached hydrogens (primary N) is 2. The van der Waals surface area contributed by atoms with Gasteiger partial charge in [0, 0.05) is 18.8 Å². The Labute approximate surface area is 86.4 Å². The zero-order chi connectivity index (χ0) is 10.7. The molecule has 2 aromatic rings. The largest absolute Gasteiger partial charge is 0.368 e. The van der Waals surface area contributed by atoms with E-state index in [-0.39, 0.29) is 11.9 Å². The van der Waals surface area contributed by atoms with Crippen molar-refractivity contribution in [2.45, 2.75) is 6.42 Å². The quantitative estimate of drug-likeness (QED) is 0.711. The zero-order valence-corrected chi connectivity index (χ0v) is 7.96. The number of nitrogen functional groups attached to an aromatic ring is 2. The second-order valence-corrected chi connectivity index (χ2v) is 3.01. The summed E-state index contributed by atoms with van der Waals surface area (Å²) in [5.74, 6) is 0.829. The van der Waals surface area contributed by atoms with Crippen molar-refractivity contribution in [2.24, 2.45) is 0 Å². The molecule has 0 bridgehead atoms. The number of hydrogen-bond acceptors (Lipinski definition) is 6. The third-order valence-corrected chi connectivity index (χ3v) is 1.80. The Bertz CT molecular complexity index is 435. The number of anilines is 2. The molecular formula is C9H10N6. The van der Waals surface area contributed by atoms with Crippen molar-refractivity contribution in [2.75, 3.05) is 11.5 Å². The predicted molar refractivity (Wildman–Crippen MR) is 55.7 cm³/mol. The number of rotatable bonds is 2. The van der Waals surface area contributed by atoms with Crippen LogP contribution in [0.15, 0.2) is 24.5 Å². The molecule has 6 heteroatoms. The molecule has 0 unspecified atom stereocenters. The van der Waals surface area contributed by atoms with E-state index >= 15 is 0 Å². The molecule has 0 fully saturated rings. The molecule has 0 saturated carbocycles. The Morgan fingerprint density at radius 3 is 2.40 bits per heavy atom. The molecule has 4 N–H and O–H groups in total. The zero-order valence-electron chi connectivity index (χ0n) is 7.96. The summed E-state index contributed by atoms with van der Waals surface area (Å²) < 4.78 is 0. The van der Waals surface area contributed by atoms with E-state index in [4.69, 9.17) is 11.5 Å². The monoisotopic (exact) mass is 202 g/mol. The minimum atomic E-state index is 0.140. The third-order valence-electron chi connectivity index (χ3n) is 1.80. The average molecular weight is 202 g/mol. The Morgan fingerprint density at radius 1 is 1.07 bits per heavy atom. The van der Waals surface area contributed by atoms with Crippen LogP contribution < -0.4 is 11.5 Å². The van der Waals surface area contributed by atoms with Gasteiger partial charge in [0.05, 0.1) is 0 Å². The predicted octanol–water partition coefficient (Wildman–Crippen LogP) is 0.0218. The summed E-state index contributed by atoms with van der Waals surface area (Å²) in [7, 11) is 0. The first kappa shape index (κ1) is 9.32. The SMILES string of the molecule is Nc1nc(N)nc(Cc2cccnc2)n1. The number of nitrogens with zero attached hydrogens (tertiary/aromatic N) is 4. The van der Waals surface area contributed by atoms with Crippen LogP contribution >= 0.6 is 0 Å². The van der Waals surface area contributed by atoms with Crippen LogP contribution in [0.1, 0.15) is 11.4 Å². The molecule has 0 aliphatic rings. The van der Waals surface area contributed by atoms with Crippen molar-refractivity contribution < 1.29 is 0 Å². The first-order valence-electron chi connectivity index (χ1n) is 4.39. The number of hydrogen-bond donors (Lipinski definition) is 2. The maximum atomic E-state index is 5.46. The molecule has 6 nitrogen and oxygen atoms in total. The van der Waals surface area contributed by atoms with Crippen molar-refractivity contribution in [1.82, 2.24) is 19.9 Å². The molecule has 0 aromatic carbocycles. The van der Waals surface area contributed by atoms with Crippen LogP contribution in [0.5, 0.6) is 0 Å². The lowest BCUT2D eigenvalue weighted by Gasteiger charge is -2.01. The fourth-order valence-corrected chi connectivity index (χ4v) is 1.22. The van der Waals surface area contributed by atoms with E-state index in [0.717, 1.165) is 5.56 Å². The molecule has 76 valence electrons. The average Bonchev–Trinajstić information content (AvgIpc) is 2.17. The first-order chi connectivity index (χ1) is 7.24. The summed E-state index contributed by atoms with van der Waals surface area (Å²) >= 11 is 0. The summed E-state index contributed by atoms with van der Waals surface area (Å²) in [6, 6.07) is 3.78. The Balaban J connectivity index is 2.25. The van der Waals surface area contributed by atoms with Gasteiger partial charge in [-0.1, -0.05) is 6.07 Å². The summed E-state index contributed by atoms with van der Waals surface area (Å²) in [6.07, 6.45) is 4.00. The minimum absolute atomic E-state index is 0.140. The highest BCUT2D eigenvalue weighted by Crippen LogP contribution is 2.05. The van der Waals surface area contributed by atoms with Crippen LogP contribution in [0.2, 0.25) is 0 Å². The van der Waals surface area contributed by atoms with E-state index in [1.54, 1.807) is 12.4 Å². The van der Waals surface area contributed by atoms with Crippen LogP contribution in [0, 0.1) is 0 Å². The van der Waals surface area contributed by atoms with Crippen molar-refractivity contribution in [3.05, 3.63) is 35.9 Å². The fourth-order valence-electron chi connectivity index (χ4n) is 1.22. The topological polar surface area (TPSA) is 104 Å². The van der Waals surface area contributed by atoms with Gasteiger partial charge in [-0.2, -0.15) is 15.0 Å². The molecule has 0 atom stereocenters.